The molecule has 2 aromatic rings. The summed E-state index contributed by atoms with van der Waals surface area (Å²) >= 11 is 3.43. The number of aryl methyl sites for hydroxylation is 1. The minimum atomic E-state index is 1.03. The van der Waals surface area contributed by atoms with E-state index in [1.807, 2.05) is 18.4 Å². The average Bonchev–Trinajstić information content (AvgIpc) is 2.76. The maximum atomic E-state index is 5.54. The number of benzene rings is 1. The Morgan fingerprint density at radius 3 is 2.56 bits per heavy atom. The zero-order chi connectivity index (χ0) is 11.4. The molecule has 1 nitrogen and oxygen atoms in total. The monoisotopic (exact) mass is 278 g/mol. The van der Waals surface area contributed by atoms with Crippen molar-refractivity contribution < 1.29 is 4.42 Å². The van der Waals surface area contributed by atoms with Gasteiger partial charge in [0.05, 0.1) is 6.26 Å². The summed E-state index contributed by atoms with van der Waals surface area (Å²) in [7, 11) is 0. The van der Waals surface area contributed by atoms with E-state index in [-0.39, 0.29) is 0 Å². The van der Waals surface area contributed by atoms with E-state index in [9.17, 15) is 0 Å². The van der Waals surface area contributed by atoms with E-state index in [2.05, 4.69) is 41.1 Å². The standard InChI is InChI=1S/C14H15BrO/c1-2-3-4-14-9-12(10-16-14)11-5-7-13(15)8-6-11/h5-10H,2-4H2,1H3. The first-order valence-corrected chi connectivity index (χ1v) is 6.42. The van der Waals surface area contributed by atoms with Crippen LogP contribution >= 0.6 is 15.9 Å². The minimum absolute atomic E-state index is 1.03. The molecule has 1 aromatic carbocycles. The molecule has 2 rings (SSSR count). The maximum Gasteiger partial charge on any atom is 0.104 e. The molecule has 0 saturated carbocycles. The topological polar surface area (TPSA) is 13.1 Å². The van der Waals surface area contributed by atoms with Gasteiger partial charge in [0, 0.05) is 16.5 Å². The van der Waals surface area contributed by atoms with Gasteiger partial charge < -0.3 is 4.42 Å². The van der Waals surface area contributed by atoms with Crippen LogP contribution in [0, 0.1) is 0 Å². The maximum absolute atomic E-state index is 5.54. The Morgan fingerprint density at radius 2 is 1.88 bits per heavy atom. The van der Waals surface area contributed by atoms with Crippen molar-refractivity contribution in [3.63, 3.8) is 0 Å². The van der Waals surface area contributed by atoms with E-state index in [0.717, 1.165) is 16.7 Å². The Balaban J connectivity index is 2.15. The van der Waals surface area contributed by atoms with Crippen molar-refractivity contribution in [2.24, 2.45) is 0 Å². The summed E-state index contributed by atoms with van der Waals surface area (Å²) in [4.78, 5) is 0. The molecule has 0 aliphatic rings. The fraction of sp³-hybridized carbons (Fsp3) is 0.286. The van der Waals surface area contributed by atoms with Crippen molar-refractivity contribution in [2.45, 2.75) is 26.2 Å². The first-order valence-electron chi connectivity index (χ1n) is 5.63. The molecular formula is C14H15BrO. The highest BCUT2D eigenvalue weighted by Gasteiger charge is 2.03. The normalized spacial score (nSPS) is 10.6. The highest BCUT2D eigenvalue weighted by molar-refractivity contribution is 9.10. The number of hydrogen-bond donors (Lipinski definition) is 0. The average molecular weight is 279 g/mol. The first kappa shape index (κ1) is 11.5. The molecular weight excluding hydrogens is 264 g/mol. The molecule has 2 heteroatoms. The quantitative estimate of drug-likeness (QED) is 0.763. The highest BCUT2D eigenvalue weighted by Crippen LogP contribution is 2.24. The molecule has 0 unspecified atom stereocenters. The number of furan rings is 1. The van der Waals surface area contributed by atoms with E-state index in [1.54, 1.807) is 0 Å². The zero-order valence-corrected chi connectivity index (χ0v) is 11.0. The number of unbranched alkanes of at least 4 members (excludes halogenated alkanes) is 1. The lowest BCUT2D eigenvalue weighted by molar-refractivity contribution is 0.501. The van der Waals surface area contributed by atoms with Gasteiger partial charge in [0.15, 0.2) is 0 Å². The third-order valence-electron chi connectivity index (χ3n) is 2.61. The molecule has 1 aromatic heterocycles. The highest BCUT2D eigenvalue weighted by atomic mass is 79.9. The fourth-order valence-corrected chi connectivity index (χ4v) is 1.92. The van der Waals surface area contributed by atoms with Crippen molar-refractivity contribution in [1.29, 1.82) is 0 Å². The van der Waals surface area contributed by atoms with Crippen LogP contribution in [0.15, 0.2) is 45.5 Å². The minimum Gasteiger partial charge on any atom is -0.469 e. The van der Waals surface area contributed by atoms with Gasteiger partial charge in [-0.05, 0) is 30.2 Å². The second-order valence-corrected chi connectivity index (χ2v) is 4.83. The third-order valence-corrected chi connectivity index (χ3v) is 3.14. The predicted octanol–water partition coefficient (Wildman–Crippen LogP) is 5.05. The largest absolute Gasteiger partial charge is 0.469 e. The van der Waals surface area contributed by atoms with Crippen molar-refractivity contribution in [1.82, 2.24) is 0 Å². The van der Waals surface area contributed by atoms with Gasteiger partial charge in [-0.2, -0.15) is 0 Å². The van der Waals surface area contributed by atoms with Crippen LogP contribution in [0.1, 0.15) is 25.5 Å². The molecule has 16 heavy (non-hydrogen) atoms. The molecule has 0 bridgehead atoms. The summed E-state index contributed by atoms with van der Waals surface area (Å²) in [6.45, 7) is 2.19. The Morgan fingerprint density at radius 1 is 1.12 bits per heavy atom. The molecule has 0 spiro atoms. The van der Waals surface area contributed by atoms with Crippen LogP contribution in [0.2, 0.25) is 0 Å². The third kappa shape index (κ3) is 2.76. The lowest BCUT2D eigenvalue weighted by atomic mass is 10.1. The van der Waals surface area contributed by atoms with Crippen LogP contribution in [0.5, 0.6) is 0 Å². The van der Waals surface area contributed by atoms with E-state index in [0.29, 0.717) is 0 Å². The van der Waals surface area contributed by atoms with Gasteiger partial charge in [-0.1, -0.05) is 41.4 Å². The summed E-state index contributed by atoms with van der Waals surface area (Å²) in [5.41, 5.74) is 2.37. The smallest absolute Gasteiger partial charge is 0.104 e. The van der Waals surface area contributed by atoms with E-state index in [1.165, 1.54) is 24.0 Å². The van der Waals surface area contributed by atoms with Gasteiger partial charge in [-0.25, -0.2) is 0 Å². The fourth-order valence-electron chi connectivity index (χ4n) is 1.66. The van der Waals surface area contributed by atoms with Gasteiger partial charge in [-0.15, -0.1) is 0 Å². The van der Waals surface area contributed by atoms with Gasteiger partial charge in [-0.3, -0.25) is 0 Å². The molecule has 0 amide bonds. The van der Waals surface area contributed by atoms with Crippen LogP contribution in [0.25, 0.3) is 11.1 Å². The second kappa shape index (κ2) is 5.35. The summed E-state index contributed by atoms with van der Waals surface area (Å²) in [6.07, 6.45) is 5.27. The first-order chi connectivity index (χ1) is 7.79. The molecule has 0 atom stereocenters. The zero-order valence-electron chi connectivity index (χ0n) is 9.37. The molecule has 0 radical (unpaired) electrons. The molecule has 0 fully saturated rings. The van der Waals surface area contributed by atoms with Gasteiger partial charge in [0.2, 0.25) is 0 Å². The summed E-state index contributed by atoms with van der Waals surface area (Å²) in [5.74, 6) is 1.08. The Bertz CT molecular complexity index is 442. The Hall–Kier alpha value is -1.02. The molecule has 1 heterocycles. The number of hydrogen-bond acceptors (Lipinski definition) is 1. The predicted molar refractivity (Wildman–Crippen MR) is 70.5 cm³/mol. The SMILES string of the molecule is CCCCc1cc(-c2ccc(Br)cc2)co1. The summed E-state index contributed by atoms with van der Waals surface area (Å²) < 4.78 is 6.64. The van der Waals surface area contributed by atoms with E-state index in [4.69, 9.17) is 4.42 Å². The second-order valence-electron chi connectivity index (χ2n) is 3.91. The molecule has 0 N–H and O–H groups in total. The molecule has 0 aliphatic carbocycles. The van der Waals surface area contributed by atoms with Crippen molar-refractivity contribution in [3.8, 4) is 11.1 Å². The van der Waals surface area contributed by atoms with Crippen molar-refractivity contribution in [2.75, 3.05) is 0 Å². The van der Waals surface area contributed by atoms with Crippen LogP contribution < -0.4 is 0 Å². The Kier molecular flexibility index (Phi) is 3.83. The lowest BCUT2D eigenvalue weighted by Crippen LogP contribution is -1.79. The number of rotatable bonds is 4. The van der Waals surface area contributed by atoms with Crippen LogP contribution in [0.3, 0.4) is 0 Å². The molecule has 0 saturated heterocycles. The molecule has 0 aliphatic heterocycles. The lowest BCUT2D eigenvalue weighted by Gasteiger charge is -1.96. The van der Waals surface area contributed by atoms with Gasteiger partial charge >= 0.3 is 0 Å². The number of halogens is 1. The van der Waals surface area contributed by atoms with E-state index >= 15 is 0 Å². The van der Waals surface area contributed by atoms with Crippen LogP contribution in [0.4, 0.5) is 0 Å². The van der Waals surface area contributed by atoms with Gasteiger partial charge in [0.1, 0.15) is 5.76 Å². The van der Waals surface area contributed by atoms with Crippen LogP contribution in [-0.2, 0) is 6.42 Å². The molecule has 84 valence electrons. The van der Waals surface area contributed by atoms with Crippen LogP contribution in [-0.4, -0.2) is 0 Å². The van der Waals surface area contributed by atoms with Crippen molar-refractivity contribution in [3.05, 3.63) is 46.8 Å². The van der Waals surface area contributed by atoms with Gasteiger partial charge in [0.25, 0.3) is 0 Å². The van der Waals surface area contributed by atoms with E-state index < -0.39 is 0 Å². The Labute approximate surface area is 105 Å². The van der Waals surface area contributed by atoms with Crippen molar-refractivity contribution >= 4 is 15.9 Å². The summed E-state index contributed by atoms with van der Waals surface area (Å²) in [6, 6.07) is 10.4. The summed E-state index contributed by atoms with van der Waals surface area (Å²) in [5, 5.41) is 0.